The molecule has 0 aliphatic rings. The van der Waals surface area contributed by atoms with Gasteiger partial charge < -0.3 is 15.0 Å². The smallest absolute Gasteiger partial charge is 0.274 e. The molecule has 6 heteroatoms. The third-order valence-electron chi connectivity index (χ3n) is 3.03. The van der Waals surface area contributed by atoms with Crippen molar-refractivity contribution in [2.45, 2.75) is 26.3 Å². The number of methoxy groups -OCH3 is 1. The molecule has 1 N–H and O–H groups in total. The van der Waals surface area contributed by atoms with Crippen molar-refractivity contribution in [3.8, 4) is 0 Å². The number of carbonyl (C=O) groups excluding carboxylic acids is 1. The molecule has 6 nitrogen and oxygen atoms in total. The Morgan fingerprint density at radius 3 is 2.84 bits per heavy atom. The van der Waals surface area contributed by atoms with E-state index in [9.17, 15) is 4.79 Å². The first kappa shape index (κ1) is 15.4. The molecule has 0 aliphatic carbocycles. The molecule has 1 heterocycles. The average molecular weight is 266 g/mol. The van der Waals surface area contributed by atoms with Crippen LogP contribution in [0.3, 0.4) is 0 Å². The molecule has 1 aromatic heterocycles. The molecule has 106 valence electrons. The van der Waals surface area contributed by atoms with Crippen LogP contribution >= 0.6 is 0 Å². The molecule has 0 saturated heterocycles. The summed E-state index contributed by atoms with van der Waals surface area (Å²) < 4.78 is 5.06. The fourth-order valence-electron chi connectivity index (χ4n) is 1.67. The maximum absolute atomic E-state index is 12.5. The van der Waals surface area contributed by atoms with Crippen molar-refractivity contribution in [2.75, 3.05) is 32.6 Å². The third-order valence-corrected chi connectivity index (χ3v) is 3.03. The Kier molecular flexibility index (Phi) is 6.21. The maximum atomic E-state index is 12.5. The highest BCUT2D eigenvalue weighted by Gasteiger charge is 2.21. The molecule has 1 atom stereocenters. The van der Waals surface area contributed by atoms with Gasteiger partial charge in [-0.05, 0) is 13.3 Å². The number of amides is 1. The first-order valence-corrected chi connectivity index (χ1v) is 6.43. The number of hydrogen-bond donors (Lipinski definition) is 1. The summed E-state index contributed by atoms with van der Waals surface area (Å²) in [6.07, 6.45) is 3.96. The monoisotopic (exact) mass is 266 g/mol. The number of anilines is 1. The van der Waals surface area contributed by atoms with E-state index in [-0.39, 0.29) is 11.9 Å². The lowest BCUT2D eigenvalue weighted by Crippen LogP contribution is -2.41. The molecular formula is C13H22N4O2. The van der Waals surface area contributed by atoms with Crippen LogP contribution in [-0.4, -0.2) is 54.1 Å². The summed E-state index contributed by atoms with van der Waals surface area (Å²) in [5, 5.41) is 2.88. The van der Waals surface area contributed by atoms with E-state index in [1.165, 1.54) is 6.20 Å². The number of nitrogens with one attached hydrogen (secondary N) is 1. The summed E-state index contributed by atoms with van der Waals surface area (Å²) in [7, 11) is 3.37. The van der Waals surface area contributed by atoms with Crippen LogP contribution in [0.25, 0.3) is 0 Å². The van der Waals surface area contributed by atoms with E-state index in [2.05, 4.69) is 15.3 Å². The van der Waals surface area contributed by atoms with Gasteiger partial charge in [0, 0.05) is 26.7 Å². The first-order valence-electron chi connectivity index (χ1n) is 6.43. The van der Waals surface area contributed by atoms with Crippen molar-refractivity contribution >= 4 is 11.7 Å². The average Bonchev–Trinajstić information content (AvgIpc) is 2.47. The minimum absolute atomic E-state index is 0.115. The number of rotatable bonds is 7. The molecule has 1 unspecified atom stereocenters. The largest absolute Gasteiger partial charge is 0.383 e. The van der Waals surface area contributed by atoms with Gasteiger partial charge in [0.15, 0.2) is 0 Å². The highest BCUT2D eigenvalue weighted by Crippen LogP contribution is 2.10. The molecule has 19 heavy (non-hydrogen) atoms. The van der Waals surface area contributed by atoms with Gasteiger partial charge in [-0.1, -0.05) is 6.92 Å². The van der Waals surface area contributed by atoms with Crippen LogP contribution in [0.5, 0.6) is 0 Å². The lowest BCUT2D eigenvalue weighted by Gasteiger charge is -2.28. The SMILES string of the molecule is CCC(C)N(CCOC)C(=O)c1cncc(NC)n1. The minimum atomic E-state index is -0.115. The number of ether oxygens (including phenoxy) is 1. The van der Waals surface area contributed by atoms with Crippen LogP contribution in [0.15, 0.2) is 12.4 Å². The number of aromatic nitrogens is 2. The lowest BCUT2D eigenvalue weighted by atomic mass is 10.2. The van der Waals surface area contributed by atoms with Gasteiger partial charge in [-0.2, -0.15) is 0 Å². The van der Waals surface area contributed by atoms with E-state index in [1.54, 1.807) is 25.3 Å². The summed E-state index contributed by atoms with van der Waals surface area (Å²) in [6.45, 7) is 5.13. The summed E-state index contributed by atoms with van der Waals surface area (Å²) in [5.41, 5.74) is 0.350. The standard InChI is InChI=1S/C13H22N4O2/c1-5-10(2)17(6-7-19-4)13(18)11-8-15-9-12(14-3)16-11/h8-10H,5-7H2,1-4H3,(H,14,16). The molecule has 1 rings (SSSR count). The van der Waals surface area contributed by atoms with Gasteiger partial charge in [0.2, 0.25) is 0 Å². The minimum Gasteiger partial charge on any atom is -0.383 e. The summed E-state index contributed by atoms with van der Waals surface area (Å²) >= 11 is 0. The number of hydrogen-bond acceptors (Lipinski definition) is 5. The quantitative estimate of drug-likeness (QED) is 0.808. The van der Waals surface area contributed by atoms with E-state index < -0.39 is 0 Å². The third kappa shape index (κ3) is 4.17. The van der Waals surface area contributed by atoms with Gasteiger partial charge in [0.25, 0.3) is 5.91 Å². The number of nitrogens with zero attached hydrogens (tertiary/aromatic N) is 3. The van der Waals surface area contributed by atoms with Gasteiger partial charge in [0.05, 0.1) is 19.0 Å². The molecule has 0 fully saturated rings. The summed E-state index contributed by atoms with van der Waals surface area (Å²) in [6, 6.07) is 0.141. The van der Waals surface area contributed by atoms with Crippen molar-refractivity contribution in [3.05, 3.63) is 18.1 Å². The molecule has 0 bridgehead atoms. The van der Waals surface area contributed by atoms with Crippen LogP contribution in [0.2, 0.25) is 0 Å². The lowest BCUT2D eigenvalue weighted by molar-refractivity contribution is 0.0608. The summed E-state index contributed by atoms with van der Waals surface area (Å²) in [5.74, 6) is 0.470. The Morgan fingerprint density at radius 1 is 1.53 bits per heavy atom. The topological polar surface area (TPSA) is 67.3 Å². The van der Waals surface area contributed by atoms with Gasteiger partial charge in [-0.25, -0.2) is 4.98 Å². The molecule has 0 saturated carbocycles. The zero-order valence-corrected chi connectivity index (χ0v) is 12.0. The van der Waals surface area contributed by atoms with Crippen molar-refractivity contribution < 1.29 is 9.53 Å². The van der Waals surface area contributed by atoms with Crippen molar-refractivity contribution in [1.29, 1.82) is 0 Å². The Hall–Kier alpha value is -1.69. The van der Waals surface area contributed by atoms with E-state index in [1.807, 2.05) is 13.8 Å². The maximum Gasteiger partial charge on any atom is 0.274 e. The highest BCUT2D eigenvalue weighted by atomic mass is 16.5. The normalized spacial score (nSPS) is 12.0. The van der Waals surface area contributed by atoms with Gasteiger partial charge in [0.1, 0.15) is 11.5 Å². The van der Waals surface area contributed by atoms with E-state index in [0.29, 0.717) is 24.7 Å². The number of carbonyl (C=O) groups is 1. The molecule has 0 aliphatic heterocycles. The first-order chi connectivity index (χ1) is 9.13. The molecule has 1 amide bonds. The Balaban J connectivity index is 2.90. The van der Waals surface area contributed by atoms with Gasteiger partial charge in [-0.15, -0.1) is 0 Å². The second-order valence-electron chi connectivity index (χ2n) is 4.29. The van der Waals surface area contributed by atoms with E-state index in [4.69, 9.17) is 4.74 Å². The Labute approximate surface area is 114 Å². The molecule has 1 aromatic rings. The van der Waals surface area contributed by atoms with E-state index >= 15 is 0 Å². The second kappa shape index (κ2) is 7.68. The predicted octanol–water partition coefficient (Wildman–Crippen LogP) is 1.41. The van der Waals surface area contributed by atoms with Gasteiger partial charge >= 0.3 is 0 Å². The molecule has 0 radical (unpaired) electrons. The molecule has 0 spiro atoms. The van der Waals surface area contributed by atoms with Crippen LogP contribution < -0.4 is 5.32 Å². The highest BCUT2D eigenvalue weighted by molar-refractivity contribution is 5.92. The van der Waals surface area contributed by atoms with Crippen LogP contribution in [0, 0.1) is 0 Å². The zero-order valence-electron chi connectivity index (χ0n) is 12.0. The fraction of sp³-hybridized carbons (Fsp3) is 0.615. The molecule has 0 aromatic carbocycles. The van der Waals surface area contributed by atoms with E-state index in [0.717, 1.165) is 6.42 Å². The van der Waals surface area contributed by atoms with Crippen molar-refractivity contribution in [1.82, 2.24) is 14.9 Å². The molecular weight excluding hydrogens is 244 g/mol. The van der Waals surface area contributed by atoms with Crippen molar-refractivity contribution in [2.24, 2.45) is 0 Å². The Morgan fingerprint density at radius 2 is 2.26 bits per heavy atom. The summed E-state index contributed by atoms with van der Waals surface area (Å²) in [4.78, 5) is 22.5. The second-order valence-corrected chi connectivity index (χ2v) is 4.29. The predicted molar refractivity (Wildman–Crippen MR) is 74.2 cm³/mol. The van der Waals surface area contributed by atoms with Gasteiger partial charge in [-0.3, -0.25) is 9.78 Å². The Bertz CT molecular complexity index is 411. The van der Waals surface area contributed by atoms with Crippen LogP contribution in [-0.2, 0) is 4.74 Å². The van der Waals surface area contributed by atoms with Crippen LogP contribution in [0.4, 0.5) is 5.82 Å². The van der Waals surface area contributed by atoms with Crippen LogP contribution in [0.1, 0.15) is 30.8 Å². The fourth-order valence-corrected chi connectivity index (χ4v) is 1.67. The zero-order chi connectivity index (χ0) is 14.3. The van der Waals surface area contributed by atoms with Crippen molar-refractivity contribution in [3.63, 3.8) is 0 Å².